The fourth-order valence-corrected chi connectivity index (χ4v) is 4.04. The molecular formula is C26H48O6. The molecule has 6 nitrogen and oxygen atoms in total. The zero-order chi connectivity index (χ0) is 23.3. The van der Waals surface area contributed by atoms with E-state index in [9.17, 15) is 9.59 Å². The molecule has 1 aliphatic rings. The quantitative estimate of drug-likeness (QED) is 0.153. The highest BCUT2D eigenvalue weighted by Gasteiger charge is 2.27. The highest BCUT2D eigenvalue weighted by Crippen LogP contribution is 2.24. The van der Waals surface area contributed by atoms with Gasteiger partial charge < -0.3 is 18.9 Å². The monoisotopic (exact) mass is 456 g/mol. The molecule has 32 heavy (non-hydrogen) atoms. The van der Waals surface area contributed by atoms with Gasteiger partial charge in [0, 0.05) is 0 Å². The van der Waals surface area contributed by atoms with Crippen molar-refractivity contribution in [2.75, 3.05) is 13.2 Å². The third-order valence-electron chi connectivity index (χ3n) is 6.08. The maximum absolute atomic E-state index is 11.8. The van der Waals surface area contributed by atoms with Crippen LogP contribution in [0.5, 0.6) is 0 Å². The van der Waals surface area contributed by atoms with E-state index in [4.69, 9.17) is 18.9 Å². The first-order valence-electron chi connectivity index (χ1n) is 13.3. The van der Waals surface area contributed by atoms with Crippen LogP contribution in [0.2, 0.25) is 0 Å². The van der Waals surface area contributed by atoms with E-state index in [-0.39, 0.29) is 12.2 Å². The minimum atomic E-state index is -0.575. The van der Waals surface area contributed by atoms with Gasteiger partial charge in [-0.05, 0) is 38.5 Å². The topological polar surface area (TPSA) is 71.1 Å². The number of rotatable bonds is 18. The van der Waals surface area contributed by atoms with Gasteiger partial charge in [0.25, 0.3) is 0 Å². The molecule has 1 rings (SSSR count). The molecule has 6 heteroatoms. The Kier molecular flexibility index (Phi) is 18.0. The molecule has 188 valence electrons. The summed E-state index contributed by atoms with van der Waals surface area (Å²) in [7, 11) is 0. The second-order valence-corrected chi connectivity index (χ2v) is 9.07. The van der Waals surface area contributed by atoms with Gasteiger partial charge >= 0.3 is 12.3 Å². The maximum Gasteiger partial charge on any atom is 0.508 e. The van der Waals surface area contributed by atoms with Crippen LogP contribution in [0.1, 0.15) is 129 Å². The molecule has 0 aromatic carbocycles. The summed E-state index contributed by atoms with van der Waals surface area (Å²) in [5.74, 6) is 0. The first-order valence-corrected chi connectivity index (χ1v) is 13.3. The minimum absolute atomic E-state index is 0.153. The molecule has 0 bridgehead atoms. The molecule has 0 atom stereocenters. The summed E-state index contributed by atoms with van der Waals surface area (Å²) in [5, 5.41) is 0. The molecule has 0 unspecified atom stereocenters. The lowest BCUT2D eigenvalue weighted by Crippen LogP contribution is -2.30. The van der Waals surface area contributed by atoms with Crippen LogP contribution < -0.4 is 0 Å². The zero-order valence-corrected chi connectivity index (χ0v) is 20.7. The van der Waals surface area contributed by atoms with E-state index in [1.165, 1.54) is 64.2 Å². The summed E-state index contributed by atoms with van der Waals surface area (Å²) in [6.45, 7) is 5.28. The predicted molar refractivity (Wildman–Crippen MR) is 127 cm³/mol. The minimum Gasteiger partial charge on any atom is -0.434 e. The average Bonchev–Trinajstić information content (AvgIpc) is 2.78. The van der Waals surface area contributed by atoms with Crippen LogP contribution in [0.25, 0.3) is 0 Å². The summed E-state index contributed by atoms with van der Waals surface area (Å²) in [6, 6.07) is 0. The molecule has 1 aliphatic carbocycles. The molecule has 0 N–H and O–H groups in total. The molecule has 0 heterocycles. The summed E-state index contributed by atoms with van der Waals surface area (Å²) in [4.78, 5) is 23.7. The molecule has 1 fully saturated rings. The lowest BCUT2D eigenvalue weighted by molar-refractivity contribution is -0.0271. The normalized spacial score (nSPS) is 18.2. The van der Waals surface area contributed by atoms with E-state index in [1.54, 1.807) is 0 Å². The van der Waals surface area contributed by atoms with Crippen LogP contribution in [0.3, 0.4) is 0 Å². The van der Waals surface area contributed by atoms with Crippen molar-refractivity contribution in [2.24, 2.45) is 0 Å². The first-order chi connectivity index (χ1) is 15.7. The number of carbonyl (C=O) groups is 2. The van der Waals surface area contributed by atoms with Gasteiger partial charge in [0.1, 0.15) is 12.2 Å². The Morgan fingerprint density at radius 1 is 0.531 bits per heavy atom. The second-order valence-electron chi connectivity index (χ2n) is 9.07. The van der Waals surface area contributed by atoms with Crippen LogP contribution in [-0.4, -0.2) is 37.7 Å². The molecule has 1 saturated carbocycles. The third kappa shape index (κ3) is 16.2. The van der Waals surface area contributed by atoms with Crippen molar-refractivity contribution >= 4 is 12.3 Å². The molecule has 0 amide bonds. The van der Waals surface area contributed by atoms with Gasteiger partial charge in [0.15, 0.2) is 0 Å². The highest BCUT2D eigenvalue weighted by atomic mass is 16.7. The lowest BCUT2D eigenvalue weighted by Gasteiger charge is -2.27. The third-order valence-corrected chi connectivity index (χ3v) is 6.08. The largest absolute Gasteiger partial charge is 0.508 e. The van der Waals surface area contributed by atoms with Gasteiger partial charge in [-0.1, -0.05) is 90.9 Å². The Bertz CT molecular complexity index is 417. The second kappa shape index (κ2) is 20.2. The van der Waals surface area contributed by atoms with E-state index in [1.807, 2.05) is 0 Å². The molecule has 0 saturated heterocycles. The number of hydrogen-bond donors (Lipinski definition) is 0. The average molecular weight is 457 g/mol. The zero-order valence-electron chi connectivity index (χ0n) is 20.7. The van der Waals surface area contributed by atoms with Crippen molar-refractivity contribution in [3.05, 3.63) is 0 Å². The number of carbonyl (C=O) groups excluding carboxylic acids is 2. The van der Waals surface area contributed by atoms with Crippen molar-refractivity contribution in [3.63, 3.8) is 0 Å². The number of hydrogen-bond acceptors (Lipinski definition) is 6. The van der Waals surface area contributed by atoms with Gasteiger partial charge in [0.2, 0.25) is 0 Å². The standard InChI is InChI=1S/C26H48O6/c1-3-5-7-9-11-13-15-21-29-25(27)31-23-17-19-24(20-18-23)32-26(28)30-22-16-14-12-10-8-6-4-2/h23-24H,3-22H2,1-2H3. The van der Waals surface area contributed by atoms with E-state index in [0.717, 1.165) is 25.7 Å². The fraction of sp³-hybridized carbons (Fsp3) is 0.923. The number of ether oxygens (including phenoxy) is 4. The molecule has 0 aliphatic heterocycles. The van der Waals surface area contributed by atoms with E-state index in [2.05, 4.69) is 13.8 Å². The van der Waals surface area contributed by atoms with Crippen LogP contribution in [0, 0.1) is 0 Å². The Balaban J connectivity index is 1.96. The smallest absolute Gasteiger partial charge is 0.434 e. The number of unbranched alkanes of at least 4 members (excludes halogenated alkanes) is 12. The maximum atomic E-state index is 11.8. The van der Waals surface area contributed by atoms with Gasteiger partial charge in [-0.2, -0.15) is 0 Å². The van der Waals surface area contributed by atoms with E-state index in [0.29, 0.717) is 38.9 Å². The molecular weight excluding hydrogens is 408 g/mol. The Morgan fingerprint density at radius 2 is 0.844 bits per heavy atom. The van der Waals surface area contributed by atoms with Crippen molar-refractivity contribution in [3.8, 4) is 0 Å². The van der Waals surface area contributed by atoms with Crippen molar-refractivity contribution in [2.45, 2.75) is 142 Å². The summed E-state index contributed by atoms with van der Waals surface area (Å²) >= 11 is 0. The first kappa shape index (κ1) is 28.6. The fourth-order valence-electron chi connectivity index (χ4n) is 4.04. The summed E-state index contributed by atoms with van der Waals surface area (Å²) in [6.07, 6.45) is 17.9. The van der Waals surface area contributed by atoms with Crippen LogP contribution in [-0.2, 0) is 18.9 Å². The van der Waals surface area contributed by atoms with Crippen molar-refractivity contribution < 1.29 is 28.5 Å². The summed E-state index contributed by atoms with van der Waals surface area (Å²) < 4.78 is 21.2. The van der Waals surface area contributed by atoms with Crippen LogP contribution >= 0.6 is 0 Å². The Labute approximate surface area is 196 Å². The molecule has 0 radical (unpaired) electrons. The summed E-state index contributed by atoms with van der Waals surface area (Å²) in [5.41, 5.74) is 0. The highest BCUT2D eigenvalue weighted by molar-refractivity contribution is 5.60. The van der Waals surface area contributed by atoms with Gasteiger partial charge in [-0.25, -0.2) is 9.59 Å². The van der Waals surface area contributed by atoms with Crippen LogP contribution in [0.15, 0.2) is 0 Å². The van der Waals surface area contributed by atoms with Gasteiger partial charge in [-0.15, -0.1) is 0 Å². The van der Waals surface area contributed by atoms with E-state index < -0.39 is 12.3 Å². The SMILES string of the molecule is CCCCCCCCCOC(=O)OC1CCC(OC(=O)OCCCCCCCCC)CC1. The Morgan fingerprint density at radius 3 is 1.19 bits per heavy atom. The van der Waals surface area contributed by atoms with Gasteiger partial charge in [-0.3, -0.25) is 0 Å². The predicted octanol–water partition coefficient (Wildman–Crippen LogP) is 8.11. The molecule has 0 aromatic rings. The molecule has 0 spiro atoms. The van der Waals surface area contributed by atoms with Crippen molar-refractivity contribution in [1.82, 2.24) is 0 Å². The molecule has 0 aromatic heterocycles. The van der Waals surface area contributed by atoms with E-state index >= 15 is 0 Å². The Hall–Kier alpha value is -1.46. The lowest BCUT2D eigenvalue weighted by atomic mass is 9.95. The van der Waals surface area contributed by atoms with Gasteiger partial charge in [0.05, 0.1) is 13.2 Å². The van der Waals surface area contributed by atoms with Crippen molar-refractivity contribution in [1.29, 1.82) is 0 Å². The van der Waals surface area contributed by atoms with Crippen LogP contribution in [0.4, 0.5) is 9.59 Å².